The van der Waals surface area contributed by atoms with Crippen LogP contribution in [-0.2, 0) is 9.59 Å². The number of fused-ring (bicyclic) bond motifs is 5. The van der Waals surface area contributed by atoms with Gasteiger partial charge in [0, 0.05) is 24.9 Å². The fourth-order valence-electron chi connectivity index (χ4n) is 9.71. The molecule has 0 aromatic heterocycles. The van der Waals surface area contributed by atoms with Gasteiger partial charge in [0.1, 0.15) is 0 Å². The number of carbonyl (C=O) groups excluding carboxylic acids is 2. The molecule has 4 heteroatoms. The topological polar surface area (TPSA) is 49.4 Å². The van der Waals surface area contributed by atoms with Crippen LogP contribution in [0.25, 0.3) is 0 Å². The van der Waals surface area contributed by atoms with E-state index in [1.54, 1.807) is 0 Å². The predicted octanol–water partition coefficient (Wildman–Crippen LogP) is 6.76. The normalized spacial score (nSPS) is 36.4. The van der Waals surface area contributed by atoms with Gasteiger partial charge < -0.3 is 10.2 Å². The van der Waals surface area contributed by atoms with Gasteiger partial charge in [-0.1, -0.05) is 74.5 Å². The van der Waals surface area contributed by atoms with E-state index in [9.17, 15) is 9.59 Å². The van der Waals surface area contributed by atoms with E-state index in [0.717, 1.165) is 49.8 Å². The summed E-state index contributed by atoms with van der Waals surface area (Å²) in [6, 6.07) is 21.1. The van der Waals surface area contributed by atoms with Crippen molar-refractivity contribution in [2.24, 2.45) is 34.5 Å². The Kier molecular flexibility index (Phi) is 6.64. The summed E-state index contributed by atoms with van der Waals surface area (Å²) in [4.78, 5) is 29.0. The first-order valence-corrected chi connectivity index (χ1v) is 15.1. The van der Waals surface area contributed by atoms with Crippen LogP contribution < -0.4 is 5.32 Å². The van der Waals surface area contributed by atoms with Crippen molar-refractivity contribution in [1.82, 2.24) is 10.2 Å². The van der Waals surface area contributed by atoms with Crippen LogP contribution in [0.15, 0.2) is 60.7 Å². The Morgan fingerprint density at radius 3 is 2.13 bits per heavy atom. The van der Waals surface area contributed by atoms with Crippen molar-refractivity contribution in [2.75, 3.05) is 6.54 Å². The zero-order chi connectivity index (χ0) is 26.5. The molecule has 7 atom stereocenters. The van der Waals surface area contributed by atoms with Crippen molar-refractivity contribution in [3.8, 4) is 0 Å². The molecule has 2 aromatic rings. The van der Waals surface area contributed by atoms with Crippen molar-refractivity contribution >= 4 is 11.8 Å². The molecule has 4 nitrogen and oxygen atoms in total. The number of piperidine rings is 1. The number of hydrogen-bond donors (Lipinski definition) is 1. The maximum atomic E-state index is 14.1. The van der Waals surface area contributed by atoms with Crippen LogP contribution in [0.3, 0.4) is 0 Å². The summed E-state index contributed by atoms with van der Waals surface area (Å²) < 4.78 is 0. The molecule has 4 aliphatic rings. The molecular formula is C34H44N2O2. The Bertz CT molecular complexity index is 1130. The maximum absolute atomic E-state index is 14.1. The average molecular weight is 513 g/mol. The highest BCUT2D eigenvalue weighted by Gasteiger charge is 2.62. The van der Waals surface area contributed by atoms with Gasteiger partial charge in [0.15, 0.2) is 0 Å². The maximum Gasteiger partial charge on any atom is 0.224 e. The predicted molar refractivity (Wildman–Crippen MR) is 151 cm³/mol. The minimum atomic E-state index is -0.127. The third-order valence-electron chi connectivity index (χ3n) is 11.6. The molecule has 2 unspecified atom stereocenters. The molecule has 1 aliphatic heterocycles. The molecule has 1 heterocycles. The van der Waals surface area contributed by atoms with Crippen LogP contribution >= 0.6 is 0 Å². The van der Waals surface area contributed by atoms with E-state index < -0.39 is 0 Å². The largest absolute Gasteiger partial charge is 0.345 e. The van der Waals surface area contributed by atoms with E-state index in [-0.39, 0.29) is 28.7 Å². The van der Waals surface area contributed by atoms with Crippen molar-refractivity contribution < 1.29 is 9.59 Å². The van der Waals surface area contributed by atoms with Gasteiger partial charge in [-0.05, 0) is 91.6 Å². The monoisotopic (exact) mass is 512 g/mol. The van der Waals surface area contributed by atoms with E-state index in [2.05, 4.69) is 79.5 Å². The van der Waals surface area contributed by atoms with Crippen LogP contribution in [-0.4, -0.2) is 29.3 Å². The highest BCUT2D eigenvalue weighted by atomic mass is 16.2. The van der Waals surface area contributed by atoms with Gasteiger partial charge in [-0.15, -0.1) is 0 Å². The number of nitrogens with one attached hydrogen (secondary N) is 1. The second-order valence-electron chi connectivity index (χ2n) is 13.1. The Morgan fingerprint density at radius 1 is 0.868 bits per heavy atom. The highest BCUT2D eigenvalue weighted by Crippen LogP contribution is 2.66. The minimum absolute atomic E-state index is 0.0568. The lowest BCUT2D eigenvalue weighted by atomic mass is 9.46. The van der Waals surface area contributed by atoms with Crippen LogP contribution in [0, 0.1) is 34.5 Å². The highest BCUT2D eigenvalue weighted by molar-refractivity contribution is 5.81. The summed E-state index contributed by atoms with van der Waals surface area (Å²) in [7, 11) is 0. The van der Waals surface area contributed by atoms with Crippen molar-refractivity contribution in [1.29, 1.82) is 0 Å². The number of nitrogens with zero attached hydrogens (tertiary/aromatic N) is 1. The summed E-state index contributed by atoms with van der Waals surface area (Å²) in [5, 5.41) is 3.51. The number of likely N-dealkylation sites (tertiary alicyclic amines) is 1. The molecule has 6 rings (SSSR count). The number of hydrogen-bond acceptors (Lipinski definition) is 2. The molecule has 2 aromatic carbocycles. The summed E-state index contributed by atoms with van der Waals surface area (Å²) in [5.41, 5.74) is 2.55. The second-order valence-corrected chi connectivity index (χ2v) is 13.1. The van der Waals surface area contributed by atoms with Crippen molar-refractivity contribution in [3.63, 3.8) is 0 Å². The lowest BCUT2D eigenvalue weighted by Gasteiger charge is -2.62. The first kappa shape index (κ1) is 25.6. The molecule has 0 bridgehead atoms. The Hall–Kier alpha value is -2.62. The molecule has 38 heavy (non-hydrogen) atoms. The quantitative estimate of drug-likeness (QED) is 0.481. The van der Waals surface area contributed by atoms with Crippen molar-refractivity contribution in [2.45, 2.75) is 84.2 Å². The molecular weight excluding hydrogens is 468 g/mol. The number of benzene rings is 2. The van der Waals surface area contributed by atoms with Gasteiger partial charge in [0.05, 0.1) is 6.04 Å². The van der Waals surface area contributed by atoms with Gasteiger partial charge in [-0.2, -0.15) is 0 Å². The third kappa shape index (κ3) is 4.01. The van der Waals surface area contributed by atoms with E-state index in [4.69, 9.17) is 0 Å². The molecule has 1 saturated heterocycles. The Labute approximate surface area is 228 Å². The summed E-state index contributed by atoms with van der Waals surface area (Å²) in [6.07, 6.45) is 8.56. The van der Waals surface area contributed by atoms with Crippen LogP contribution in [0.2, 0.25) is 0 Å². The van der Waals surface area contributed by atoms with Gasteiger partial charge in [0.2, 0.25) is 11.8 Å². The third-order valence-corrected chi connectivity index (χ3v) is 11.6. The first-order chi connectivity index (χ1) is 18.4. The Morgan fingerprint density at radius 2 is 1.50 bits per heavy atom. The minimum Gasteiger partial charge on any atom is -0.345 e. The number of rotatable bonds is 5. The lowest BCUT2D eigenvalue weighted by molar-refractivity contribution is -0.162. The molecule has 2 amide bonds. The van der Waals surface area contributed by atoms with Crippen LogP contribution in [0.1, 0.15) is 89.3 Å². The number of carbonyl (C=O) groups is 2. The smallest absolute Gasteiger partial charge is 0.224 e. The molecule has 1 N–H and O–H groups in total. The SMILES string of the molecule is CCN1C(=O)CC[C@@]2(C)C1CC[C@@H]1[C@H]2CC[C@]2(C)C(C(=O)NC(c3ccccc3)c3ccccc3)CC[C@@H]12. The van der Waals surface area contributed by atoms with Gasteiger partial charge >= 0.3 is 0 Å². The summed E-state index contributed by atoms with van der Waals surface area (Å²) >= 11 is 0. The number of amides is 2. The average Bonchev–Trinajstić information content (AvgIpc) is 3.30. The molecule has 3 aliphatic carbocycles. The lowest BCUT2D eigenvalue weighted by Crippen LogP contribution is -2.62. The summed E-state index contributed by atoms with van der Waals surface area (Å²) in [5.74, 6) is 2.61. The van der Waals surface area contributed by atoms with Crippen LogP contribution in [0.4, 0.5) is 0 Å². The fraction of sp³-hybridized carbons (Fsp3) is 0.588. The molecule has 0 radical (unpaired) electrons. The standard InChI is InChI=1S/C34H44N2O2/c1-4-36-29-18-15-25-26-16-17-28(33(26,2)21-19-27(25)34(29,3)22-20-30(36)37)32(38)35-31(23-11-7-5-8-12-23)24-13-9-6-10-14-24/h5-14,25-29,31H,4,15-22H2,1-3H3,(H,35,38)/t25-,26-,27+,28?,29?,33-,34+/m0/s1. The first-order valence-electron chi connectivity index (χ1n) is 15.1. The van der Waals surface area contributed by atoms with E-state index in [1.807, 2.05) is 12.1 Å². The van der Waals surface area contributed by atoms with Crippen molar-refractivity contribution in [3.05, 3.63) is 71.8 Å². The summed E-state index contributed by atoms with van der Waals surface area (Å²) in [6.45, 7) is 7.91. The van der Waals surface area contributed by atoms with Gasteiger partial charge in [-0.3, -0.25) is 9.59 Å². The van der Waals surface area contributed by atoms with E-state index in [1.165, 1.54) is 12.8 Å². The van der Waals surface area contributed by atoms with Gasteiger partial charge in [-0.25, -0.2) is 0 Å². The van der Waals surface area contributed by atoms with E-state index >= 15 is 0 Å². The molecule has 4 fully saturated rings. The fourth-order valence-corrected chi connectivity index (χ4v) is 9.71. The van der Waals surface area contributed by atoms with Crippen LogP contribution in [0.5, 0.6) is 0 Å². The molecule has 3 saturated carbocycles. The van der Waals surface area contributed by atoms with Gasteiger partial charge in [0.25, 0.3) is 0 Å². The zero-order valence-corrected chi connectivity index (χ0v) is 23.4. The molecule has 202 valence electrons. The second kappa shape index (κ2) is 9.84. The van der Waals surface area contributed by atoms with E-state index in [0.29, 0.717) is 36.1 Å². The Balaban J connectivity index is 1.23. The molecule has 0 spiro atoms. The zero-order valence-electron chi connectivity index (χ0n) is 23.4.